The Balaban J connectivity index is 1.43. The van der Waals surface area contributed by atoms with Gasteiger partial charge in [0.15, 0.2) is 6.61 Å². The molecule has 3 heterocycles. The molecule has 1 unspecified atom stereocenters. The minimum absolute atomic E-state index is 0.00167. The Labute approximate surface area is 155 Å². The number of carbonyl (C=O) groups excluding carboxylic acids is 2. The third kappa shape index (κ3) is 4.74. The Morgan fingerprint density at radius 2 is 1.92 bits per heavy atom. The standard InChI is InChI=1S/C20H29N3O3/c1-15-5-6-18(21-12-15)26-14-19(24)22-10-7-17(8-11-22)20(25)23-9-3-4-16(2)13-23/h5-6,12,16-17H,3-4,7-11,13-14H2,1-2H3. The van der Waals surface area contributed by atoms with Gasteiger partial charge in [0.1, 0.15) is 0 Å². The molecule has 142 valence electrons. The Kier molecular flexibility index (Phi) is 6.12. The van der Waals surface area contributed by atoms with E-state index in [1.54, 1.807) is 17.2 Å². The Hall–Kier alpha value is -2.11. The normalized spacial score (nSPS) is 21.5. The summed E-state index contributed by atoms with van der Waals surface area (Å²) in [6, 6.07) is 3.68. The number of nitrogens with zero attached hydrogens (tertiary/aromatic N) is 3. The zero-order valence-corrected chi connectivity index (χ0v) is 15.8. The Morgan fingerprint density at radius 3 is 2.58 bits per heavy atom. The quantitative estimate of drug-likeness (QED) is 0.827. The Bertz CT molecular complexity index is 624. The molecule has 0 aliphatic carbocycles. The molecule has 0 bridgehead atoms. The maximum Gasteiger partial charge on any atom is 0.260 e. The molecule has 0 aromatic carbocycles. The molecule has 2 fully saturated rings. The van der Waals surface area contributed by atoms with Crippen molar-refractivity contribution in [3.63, 3.8) is 0 Å². The molecule has 0 spiro atoms. The molecule has 2 aliphatic rings. The Morgan fingerprint density at radius 1 is 1.15 bits per heavy atom. The number of hydrogen-bond donors (Lipinski definition) is 0. The highest BCUT2D eigenvalue weighted by atomic mass is 16.5. The summed E-state index contributed by atoms with van der Waals surface area (Å²) >= 11 is 0. The summed E-state index contributed by atoms with van der Waals surface area (Å²) in [4.78, 5) is 33.0. The molecule has 1 aromatic rings. The lowest BCUT2D eigenvalue weighted by Gasteiger charge is -2.37. The lowest BCUT2D eigenvalue weighted by atomic mass is 9.93. The van der Waals surface area contributed by atoms with Crippen LogP contribution in [-0.2, 0) is 9.59 Å². The fraction of sp³-hybridized carbons (Fsp3) is 0.650. The number of carbonyl (C=O) groups is 2. The van der Waals surface area contributed by atoms with Gasteiger partial charge in [0, 0.05) is 44.4 Å². The minimum atomic E-state index is -0.0372. The number of hydrogen-bond acceptors (Lipinski definition) is 4. The van der Waals surface area contributed by atoms with Crippen molar-refractivity contribution in [1.82, 2.24) is 14.8 Å². The predicted octanol–water partition coefficient (Wildman–Crippen LogP) is 2.27. The fourth-order valence-corrected chi connectivity index (χ4v) is 3.79. The number of rotatable bonds is 4. The van der Waals surface area contributed by atoms with E-state index in [1.807, 2.05) is 17.9 Å². The first-order valence-corrected chi connectivity index (χ1v) is 9.65. The van der Waals surface area contributed by atoms with Gasteiger partial charge in [-0.05, 0) is 44.1 Å². The topological polar surface area (TPSA) is 62.7 Å². The molecule has 0 radical (unpaired) electrons. The maximum absolute atomic E-state index is 12.7. The van der Waals surface area contributed by atoms with Crippen LogP contribution in [0.3, 0.4) is 0 Å². The maximum atomic E-state index is 12.7. The zero-order valence-electron chi connectivity index (χ0n) is 15.8. The summed E-state index contributed by atoms with van der Waals surface area (Å²) in [5.41, 5.74) is 1.05. The first kappa shape index (κ1) is 18.7. The van der Waals surface area contributed by atoms with Crippen molar-refractivity contribution in [2.75, 3.05) is 32.8 Å². The number of ether oxygens (including phenoxy) is 1. The largest absolute Gasteiger partial charge is 0.468 e. The average Bonchev–Trinajstić information content (AvgIpc) is 2.67. The summed E-state index contributed by atoms with van der Waals surface area (Å²) < 4.78 is 5.48. The van der Waals surface area contributed by atoms with E-state index in [0.29, 0.717) is 24.9 Å². The van der Waals surface area contributed by atoms with Crippen LogP contribution in [-0.4, -0.2) is 59.4 Å². The van der Waals surface area contributed by atoms with Gasteiger partial charge < -0.3 is 14.5 Å². The van der Waals surface area contributed by atoms with Crippen molar-refractivity contribution < 1.29 is 14.3 Å². The van der Waals surface area contributed by atoms with Crippen LogP contribution in [0, 0.1) is 18.8 Å². The molecule has 26 heavy (non-hydrogen) atoms. The third-order valence-electron chi connectivity index (χ3n) is 5.39. The molecule has 0 N–H and O–H groups in total. The number of aromatic nitrogens is 1. The van der Waals surface area contributed by atoms with Gasteiger partial charge in [-0.2, -0.15) is 0 Å². The molecule has 3 rings (SSSR count). The van der Waals surface area contributed by atoms with Crippen molar-refractivity contribution in [2.45, 2.75) is 39.5 Å². The van der Waals surface area contributed by atoms with E-state index < -0.39 is 0 Å². The van der Waals surface area contributed by atoms with E-state index in [0.717, 1.165) is 37.9 Å². The summed E-state index contributed by atoms with van der Waals surface area (Å²) in [6.45, 7) is 7.20. The number of pyridine rings is 1. The molecule has 2 saturated heterocycles. The van der Waals surface area contributed by atoms with E-state index in [-0.39, 0.29) is 24.3 Å². The fourth-order valence-electron chi connectivity index (χ4n) is 3.79. The summed E-state index contributed by atoms with van der Waals surface area (Å²) in [7, 11) is 0. The monoisotopic (exact) mass is 359 g/mol. The van der Waals surface area contributed by atoms with Gasteiger partial charge in [0.2, 0.25) is 11.8 Å². The number of aryl methyl sites for hydroxylation is 1. The smallest absolute Gasteiger partial charge is 0.260 e. The summed E-state index contributed by atoms with van der Waals surface area (Å²) in [5, 5.41) is 0. The highest BCUT2D eigenvalue weighted by Crippen LogP contribution is 2.23. The molecule has 6 heteroatoms. The molecular weight excluding hydrogens is 330 g/mol. The molecule has 1 atom stereocenters. The van der Waals surface area contributed by atoms with Crippen molar-refractivity contribution in [3.8, 4) is 5.88 Å². The van der Waals surface area contributed by atoms with Crippen LogP contribution < -0.4 is 4.74 Å². The predicted molar refractivity (Wildman–Crippen MR) is 98.8 cm³/mol. The van der Waals surface area contributed by atoms with Crippen LogP contribution in [0.15, 0.2) is 18.3 Å². The van der Waals surface area contributed by atoms with Crippen LogP contribution in [0.1, 0.15) is 38.2 Å². The molecule has 0 saturated carbocycles. The van der Waals surface area contributed by atoms with Gasteiger partial charge in [-0.3, -0.25) is 9.59 Å². The third-order valence-corrected chi connectivity index (χ3v) is 5.39. The highest BCUT2D eigenvalue weighted by Gasteiger charge is 2.31. The molecule has 1 aromatic heterocycles. The lowest BCUT2D eigenvalue weighted by molar-refractivity contribution is -0.142. The van der Waals surface area contributed by atoms with Gasteiger partial charge in [0.25, 0.3) is 5.91 Å². The van der Waals surface area contributed by atoms with E-state index in [4.69, 9.17) is 4.74 Å². The lowest BCUT2D eigenvalue weighted by Crippen LogP contribution is -2.47. The number of amides is 2. The van der Waals surface area contributed by atoms with Gasteiger partial charge in [-0.15, -0.1) is 0 Å². The van der Waals surface area contributed by atoms with E-state index in [9.17, 15) is 9.59 Å². The zero-order chi connectivity index (χ0) is 18.5. The SMILES string of the molecule is Cc1ccc(OCC(=O)N2CCC(C(=O)N3CCCC(C)C3)CC2)nc1. The molecule has 2 amide bonds. The highest BCUT2D eigenvalue weighted by molar-refractivity contribution is 5.80. The molecular formula is C20H29N3O3. The number of likely N-dealkylation sites (tertiary alicyclic amines) is 2. The summed E-state index contributed by atoms with van der Waals surface area (Å²) in [5.74, 6) is 1.37. The van der Waals surface area contributed by atoms with Crippen molar-refractivity contribution >= 4 is 11.8 Å². The van der Waals surface area contributed by atoms with Gasteiger partial charge in [-0.25, -0.2) is 4.98 Å². The van der Waals surface area contributed by atoms with Crippen molar-refractivity contribution in [1.29, 1.82) is 0 Å². The second-order valence-corrected chi connectivity index (χ2v) is 7.65. The van der Waals surface area contributed by atoms with Crippen LogP contribution in [0.25, 0.3) is 0 Å². The number of piperidine rings is 2. The van der Waals surface area contributed by atoms with Crippen LogP contribution in [0.2, 0.25) is 0 Å². The second-order valence-electron chi connectivity index (χ2n) is 7.65. The van der Waals surface area contributed by atoms with Crippen LogP contribution in [0.5, 0.6) is 5.88 Å². The van der Waals surface area contributed by atoms with Gasteiger partial charge in [-0.1, -0.05) is 13.0 Å². The van der Waals surface area contributed by atoms with E-state index >= 15 is 0 Å². The second kappa shape index (κ2) is 8.52. The van der Waals surface area contributed by atoms with E-state index in [1.165, 1.54) is 6.42 Å². The van der Waals surface area contributed by atoms with Crippen LogP contribution in [0.4, 0.5) is 0 Å². The van der Waals surface area contributed by atoms with E-state index in [2.05, 4.69) is 11.9 Å². The minimum Gasteiger partial charge on any atom is -0.468 e. The molecule has 2 aliphatic heterocycles. The summed E-state index contributed by atoms with van der Waals surface area (Å²) in [6.07, 6.45) is 5.54. The first-order chi connectivity index (χ1) is 12.5. The average molecular weight is 359 g/mol. The van der Waals surface area contributed by atoms with Crippen molar-refractivity contribution in [3.05, 3.63) is 23.9 Å². The van der Waals surface area contributed by atoms with Crippen LogP contribution >= 0.6 is 0 Å². The van der Waals surface area contributed by atoms with Gasteiger partial charge in [0.05, 0.1) is 0 Å². The van der Waals surface area contributed by atoms with Crippen molar-refractivity contribution in [2.24, 2.45) is 11.8 Å². The van der Waals surface area contributed by atoms with Gasteiger partial charge >= 0.3 is 0 Å². The molecule has 6 nitrogen and oxygen atoms in total. The first-order valence-electron chi connectivity index (χ1n) is 9.65.